The van der Waals surface area contributed by atoms with Crippen LogP contribution in [0, 0.1) is 0 Å². The van der Waals surface area contributed by atoms with Gasteiger partial charge in [0.2, 0.25) is 5.95 Å². The number of hydrogen-bond acceptors (Lipinski definition) is 7. The summed E-state index contributed by atoms with van der Waals surface area (Å²) in [5.41, 5.74) is 3.31. The van der Waals surface area contributed by atoms with Crippen LogP contribution in [-0.4, -0.2) is 47.3 Å². The van der Waals surface area contributed by atoms with Crippen molar-refractivity contribution in [3.8, 4) is 5.69 Å². The highest BCUT2D eigenvalue weighted by molar-refractivity contribution is 5.84. The molecule has 9 heteroatoms. The molecule has 0 radical (unpaired) electrons. The molecular formula is C19H22N8O. The molecule has 4 rings (SSSR count). The van der Waals surface area contributed by atoms with E-state index in [0.29, 0.717) is 23.8 Å². The third-order valence-corrected chi connectivity index (χ3v) is 4.31. The van der Waals surface area contributed by atoms with E-state index in [1.54, 1.807) is 18.9 Å². The van der Waals surface area contributed by atoms with Gasteiger partial charge in [-0.15, -0.1) is 0 Å². The van der Waals surface area contributed by atoms with Crippen LogP contribution in [0.1, 0.15) is 19.9 Å². The topological polar surface area (TPSA) is 106 Å². The van der Waals surface area contributed by atoms with Gasteiger partial charge in [-0.3, -0.25) is 0 Å². The van der Waals surface area contributed by atoms with E-state index in [1.807, 2.05) is 39.6 Å². The Balaban J connectivity index is 1.66. The van der Waals surface area contributed by atoms with E-state index in [4.69, 9.17) is 5.11 Å². The maximum Gasteiger partial charge on any atom is 0.231 e. The monoisotopic (exact) mass is 378 g/mol. The molecule has 0 atom stereocenters. The van der Waals surface area contributed by atoms with Crippen LogP contribution in [-0.2, 0) is 0 Å². The third-order valence-electron chi connectivity index (χ3n) is 4.31. The van der Waals surface area contributed by atoms with Crippen molar-refractivity contribution in [2.24, 2.45) is 0 Å². The number of nitrogens with one attached hydrogen (secondary N) is 2. The summed E-state index contributed by atoms with van der Waals surface area (Å²) in [4.78, 5) is 17.7. The van der Waals surface area contributed by atoms with Crippen LogP contribution < -0.4 is 10.6 Å². The molecule has 0 saturated heterocycles. The highest BCUT2D eigenvalue weighted by Gasteiger charge is 2.15. The number of fused-ring (bicyclic) bond motifs is 1. The van der Waals surface area contributed by atoms with Gasteiger partial charge in [0.1, 0.15) is 0 Å². The molecule has 3 heterocycles. The Morgan fingerprint density at radius 3 is 2.61 bits per heavy atom. The van der Waals surface area contributed by atoms with E-state index < -0.39 is 0 Å². The van der Waals surface area contributed by atoms with Gasteiger partial charge >= 0.3 is 0 Å². The number of anilines is 3. The highest BCUT2D eigenvalue weighted by atomic mass is 16.3. The molecule has 3 N–H and O–H groups in total. The van der Waals surface area contributed by atoms with Crippen molar-refractivity contribution in [2.75, 3.05) is 23.8 Å². The van der Waals surface area contributed by atoms with Crippen LogP contribution in [0.5, 0.6) is 0 Å². The Hall–Kier alpha value is -3.46. The normalized spacial score (nSPS) is 11.3. The minimum Gasteiger partial charge on any atom is -0.395 e. The first-order valence-electron chi connectivity index (χ1n) is 9.10. The quantitative estimate of drug-likeness (QED) is 0.454. The van der Waals surface area contributed by atoms with Crippen molar-refractivity contribution < 1.29 is 5.11 Å². The Morgan fingerprint density at radius 2 is 1.93 bits per heavy atom. The number of benzene rings is 1. The molecule has 0 unspecified atom stereocenters. The molecule has 9 nitrogen and oxygen atoms in total. The van der Waals surface area contributed by atoms with Gasteiger partial charge in [-0.1, -0.05) is 0 Å². The average Bonchev–Trinajstić information content (AvgIpc) is 3.36. The van der Waals surface area contributed by atoms with Gasteiger partial charge in [-0.25, -0.2) is 9.97 Å². The summed E-state index contributed by atoms with van der Waals surface area (Å²) in [6, 6.07) is 8.12. The van der Waals surface area contributed by atoms with Crippen molar-refractivity contribution in [1.82, 2.24) is 29.1 Å². The molecule has 0 aliphatic heterocycles. The second-order valence-corrected chi connectivity index (χ2v) is 6.61. The van der Waals surface area contributed by atoms with E-state index in [2.05, 4.69) is 44.4 Å². The maximum atomic E-state index is 9.15. The summed E-state index contributed by atoms with van der Waals surface area (Å²) in [5, 5.41) is 15.5. The lowest BCUT2D eigenvalue weighted by molar-refractivity contribution is 0.311. The lowest BCUT2D eigenvalue weighted by atomic mass is 10.3. The van der Waals surface area contributed by atoms with Crippen LogP contribution in [0.4, 0.5) is 17.5 Å². The first kappa shape index (κ1) is 17.9. The lowest BCUT2D eigenvalue weighted by Crippen LogP contribution is -2.10. The Kier molecular flexibility index (Phi) is 4.90. The van der Waals surface area contributed by atoms with Gasteiger partial charge in [0.25, 0.3) is 0 Å². The van der Waals surface area contributed by atoms with Crippen LogP contribution in [0.15, 0.2) is 49.3 Å². The number of aliphatic hydroxyl groups excluding tert-OH is 1. The largest absolute Gasteiger partial charge is 0.395 e. The molecule has 28 heavy (non-hydrogen) atoms. The molecule has 3 aromatic heterocycles. The number of imidazole rings is 2. The number of nitrogens with zero attached hydrogens (tertiary/aromatic N) is 6. The molecule has 0 aliphatic rings. The van der Waals surface area contributed by atoms with Crippen molar-refractivity contribution in [3.05, 3.63) is 49.3 Å². The van der Waals surface area contributed by atoms with Crippen molar-refractivity contribution in [1.29, 1.82) is 0 Å². The van der Waals surface area contributed by atoms with Gasteiger partial charge < -0.3 is 24.9 Å². The zero-order valence-electron chi connectivity index (χ0n) is 15.7. The number of aliphatic hydroxyl groups is 1. The fraction of sp³-hybridized carbons (Fsp3) is 0.263. The molecule has 0 aliphatic carbocycles. The average molecular weight is 378 g/mol. The summed E-state index contributed by atoms with van der Waals surface area (Å²) in [7, 11) is 0. The van der Waals surface area contributed by atoms with Crippen LogP contribution in [0.3, 0.4) is 0 Å². The second kappa shape index (κ2) is 7.65. The first-order chi connectivity index (χ1) is 13.7. The zero-order valence-corrected chi connectivity index (χ0v) is 15.7. The smallest absolute Gasteiger partial charge is 0.231 e. The summed E-state index contributed by atoms with van der Waals surface area (Å²) in [5.74, 6) is 1.06. The van der Waals surface area contributed by atoms with Crippen molar-refractivity contribution in [3.63, 3.8) is 0 Å². The minimum atomic E-state index is 0.00879. The van der Waals surface area contributed by atoms with Gasteiger partial charge in [0.05, 0.1) is 19.3 Å². The van der Waals surface area contributed by atoms with E-state index in [9.17, 15) is 0 Å². The predicted octanol–water partition coefficient (Wildman–Crippen LogP) is 2.74. The van der Waals surface area contributed by atoms with Gasteiger partial charge in [0, 0.05) is 36.4 Å². The van der Waals surface area contributed by atoms with Crippen LogP contribution in [0.2, 0.25) is 0 Å². The molecule has 144 valence electrons. The molecule has 0 saturated carbocycles. The van der Waals surface area contributed by atoms with E-state index in [1.165, 1.54) is 0 Å². The molecule has 0 spiro atoms. The molecule has 1 aromatic carbocycles. The van der Waals surface area contributed by atoms with Gasteiger partial charge in [0.15, 0.2) is 17.0 Å². The number of hydrogen-bond donors (Lipinski definition) is 3. The van der Waals surface area contributed by atoms with Gasteiger partial charge in [-0.2, -0.15) is 9.97 Å². The molecule has 0 amide bonds. The molecule has 4 aromatic rings. The van der Waals surface area contributed by atoms with Crippen molar-refractivity contribution >= 4 is 28.6 Å². The fourth-order valence-corrected chi connectivity index (χ4v) is 2.91. The zero-order chi connectivity index (χ0) is 19.5. The molecule has 0 bridgehead atoms. The first-order valence-corrected chi connectivity index (χ1v) is 9.10. The van der Waals surface area contributed by atoms with Crippen LogP contribution in [0.25, 0.3) is 16.9 Å². The lowest BCUT2D eigenvalue weighted by Gasteiger charge is -2.12. The van der Waals surface area contributed by atoms with Crippen LogP contribution >= 0.6 is 0 Å². The Bertz CT molecular complexity index is 1050. The standard InChI is InChI=1S/C19H22N8O/c1-13(2)27-12-22-16-17(21-8-10-28)24-19(25-18(16)27)23-14-3-5-15(6-4-14)26-9-7-20-11-26/h3-7,9,11-13,28H,8,10H2,1-2H3,(H2,21,23,24,25). The highest BCUT2D eigenvalue weighted by Crippen LogP contribution is 2.25. The van der Waals surface area contributed by atoms with E-state index >= 15 is 0 Å². The minimum absolute atomic E-state index is 0.00879. The van der Waals surface area contributed by atoms with Gasteiger partial charge in [-0.05, 0) is 38.1 Å². The van der Waals surface area contributed by atoms with E-state index in [-0.39, 0.29) is 12.6 Å². The Morgan fingerprint density at radius 1 is 1.11 bits per heavy atom. The van der Waals surface area contributed by atoms with Crippen molar-refractivity contribution in [2.45, 2.75) is 19.9 Å². The fourth-order valence-electron chi connectivity index (χ4n) is 2.91. The Labute approximate surface area is 162 Å². The predicted molar refractivity (Wildman–Crippen MR) is 108 cm³/mol. The third kappa shape index (κ3) is 3.52. The SMILES string of the molecule is CC(C)n1cnc2c(NCCO)nc(Nc3ccc(-n4ccnc4)cc3)nc21. The molecular weight excluding hydrogens is 356 g/mol. The summed E-state index contributed by atoms with van der Waals surface area (Å²) in [6.07, 6.45) is 7.16. The summed E-state index contributed by atoms with van der Waals surface area (Å²) in [6.45, 7) is 4.55. The van der Waals surface area contributed by atoms with E-state index in [0.717, 1.165) is 17.0 Å². The number of rotatable bonds is 7. The second-order valence-electron chi connectivity index (χ2n) is 6.61. The summed E-state index contributed by atoms with van der Waals surface area (Å²) >= 11 is 0. The molecule has 0 fully saturated rings. The maximum absolute atomic E-state index is 9.15. The summed E-state index contributed by atoms with van der Waals surface area (Å²) < 4.78 is 3.93. The number of aromatic nitrogens is 6.